The van der Waals surface area contributed by atoms with Crippen molar-refractivity contribution in [3.63, 3.8) is 0 Å². The van der Waals surface area contributed by atoms with Crippen LogP contribution in [0, 0.1) is 6.92 Å². The zero-order chi connectivity index (χ0) is 20.2. The van der Waals surface area contributed by atoms with Crippen molar-refractivity contribution < 1.29 is 23.8 Å². The van der Waals surface area contributed by atoms with Gasteiger partial charge in [-0.3, -0.25) is 4.79 Å². The minimum Gasteiger partial charge on any atom is -0.508 e. The highest BCUT2D eigenvalue weighted by Crippen LogP contribution is 2.36. The van der Waals surface area contributed by atoms with E-state index >= 15 is 0 Å². The number of phenols is 1. The largest absolute Gasteiger partial charge is 0.508 e. The van der Waals surface area contributed by atoms with Crippen LogP contribution in [-0.4, -0.2) is 29.3 Å². The molecule has 29 heavy (non-hydrogen) atoms. The molecule has 0 atom stereocenters. The fraction of sp³-hybridized carbons (Fsp3) is 0.273. The Morgan fingerprint density at radius 3 is 2.76 bits per heavy atom. The van der Waals surface area contributed by atoms with Crippen molar-refractivity contribution >= 4 is 5.91 Å². The summed E-state index contributed by atoms with van der Waals surface area (Å²) in [5.74, 6) is 2.59. The highest BCUT2D eigenvalue weighted by molar-refractivity contribution is 5.78. The monoisotopic (exact) mass is 394 g/mol. The van der Waals surface area contributed by atoms with Gasteiger partial charge in [0.15, 0.2) is 11.5 Å². The van der Waals surface area contributed by atoms with E-state index in [1.54, 1.807) is 19.1 Å². The molecule has 0 unspecified atom stereocenters. The van der Waals surface area contributed by atoms with Gasteiger partial charge in [-0.1, -0.05) is 12.1 Å². The third kappa shape index (κ3) is 4.51. The lowest BCUT2D eigenvalue weighted by Gasteiger charge is -2.05. The fourth-order valence-electron chi connectivity index (χ4n) is 3.14. The average Bonchev–Trinajstić information content (AvgIpc) is 3.33. The van der Waals surface area contributed by atoms with Gasteiger partial charge in [0.2, 0.25) is 18.6 Å². The van der Waals surface area contributed by atoms with Gasteiger partial charge >= 0.3 is 0 Å². The van der Waals surface area contributed by atoms with Crippen molar-refractivity contribution in [2.24, 2.45) is 0 Å². The van der Waals surface area contributed by atoms with Crippen LogP contribution in [0.5, 0.6) is 17.2 Å². The normalized spacial score (nSPS) is 12.2. The van der Waals surface area contributed by atoms with Crippen LogP contribution in [0.1, 0.15) is 23.4 Å². The quantitative estimate of drug-likeness (QED) is 0.597. The van der Waals surface area contributed by atoms with E-state index in [1.807, 2.05) is 30.3 Å². The summed E-state index contributed by atoms with van der Waals surface area (Å²) in [7, 11) is 0. The first-order valence-corrected chi connectivity index (χ1v) is 9.49. The van der Waals surface area contributed by atoms with Crippen molar-refractivity contribution in [1.82, 2.24) is 10.3 Å². The lowest BCUT2D eigenvalue weighted by molar-refractivity contribution is -0.120. The number of rotatable bonds is 7. The minimum atomic E-state index is -0.0932. The number of nitrogens with zero attached hydrogens (tertiary/aromatic N) is 1. The number of hydrogen-bond acceptors (Lipinski definition) is 6. The topological polar surface area (TPSA) is 93.8 Å². The molecule has 2 heterocycles. The second kappa shape index (κ2) is 8.26. The first-order chi connectivity index (χ1) is 14.1. The van der Waals surface area contributed by atoms with Gasteiger partial charge in [0.25, 0.3) is 0 Å². The molecule has 0 saturated carbocycles. The predicted molar refractivity (Wildman–Crippen MR) is 106 cm³/mol. The maximum absolute atomic E-state index is 12.3. The molecule has 0 bridgehead atoms. The number of aromatic hydroxyl groups is 1. The Morgan fingerprint density at radius 2 is 1.93 bits per heavy atom. The van der Waals surface area contributed by atoms with Crippen LogP contribution in [0.4, 0.5) is 0 Å². The number of fused-ring (bicyclic) bond motifs is 1. The van der Waals surface area contributed by atoms with Crippen LogP contribution in [0.15, 0.2) is 46.9 Å². The molecule has 0 fully saturated rings. The Labute approximate surface area is 168 Å². The van der Waals surface area contributed by atoms with Crippen LogP contribution >= 0.6 is 0 Å². The molecular formula is C22H22N2O5. The van der Waals surface area contributed by atoms with Crippen molar-refractivity contribution in [2.75, 3.05) is 13.3 Å². The summed E-state index contributed by atoms with van der Waals surface area (Å²) < 4.78 is 16.4. The number of benzene rings is 2. The lowest BCUT2D eigenvalue weighted by atomic mass is 10.1. The Kier molecular flexibility index (Phi) is 5.37. The molecule has 1 aromatic heterocycles. The first kappa shape index (κ1) is 18.9. The number of phenolic OH excluding ortho intramolecular Hbond substituents is 1. The van der Waals surface area contributed by atoms with E-state index in [9.17, 15) is 9.90 Å². The average molecular weight is 394 g/mol. The molecule has 2 N–H and O–H groups in total. The molecule has 0 saturated heterocycles. The number of carbonyl (C=O) groups excluding carboxylic acids is 1. The van der Waals surface area contributed by atoms with Gasteiger partial charge in [0.1, 0.15) is 11.5 Å². The number of aryl methyl sites for hydroxylation is 2. The highest BCUT2D eigenvalue weighted by atomic mass is 16.7. The summed E-state index contributed by atoms with van der Waals surface area (Å²) >= 11 is 0. The Morgan fingerprint density at radius 1 is 1.14 bits per heavy atom. The molecule has 7 nitrogen and oxygen atoms in total. The maximum Gasteiger partial charge on any atom is 0.231 e. The Bertz CT molecular complexity index is 1010. The van der Waals surface area contributed by atoms with E-state index in [0.29, 0.717) is 35.4 Å². The summed E-state index contributed by atoms with van der Waals surface area (Å²) in [6.07, 6.45) is 1.81. The number of ether oxygens (including phenoxy) is 2. The molecule has 0 aliphatic carbocycles. The summed E-state index contributed by atoms with van der Waals surface area (Å²) in [6.45, 7) is 2.59. The van der Waals surface area contributed by atoms with Gasteiger partial charge in [-0.05, 0) is 55.7 Å². The first-order valence-electron chi connectivity index (χ1n) is 9.49. The fourth-order valence-corrected chi connectivity index (χ4v) is 3.14. The van der Waals surface area contributed by atoms with Gasteiger partial charge in [-0.2, -0.15) is 0 Å². The maximum atomic E-state index is 12.3. The number of oxazole rings is 1. The lowest BCUT2D eigenvalue weighted by Crippen LogP contribution is -2.26. The highest BCUT2D eigenvalue weighted by Gasteiger charge is 2.18. The molecule has 0 spiro atoms. The SMILES string of the molecule is Cc1oc(-c2ccc3c(c2)OCO3)nc1CC(=O)NCCCc1ccc(O)cc1. The molecule has 0 radical (unpaired) electrons. The van der Waals surface area contributed by atoms with Crippen LogP contribution in [0.25, 0.3) is 11.5 Å². The number of carbonyl (C=O) groups is 1. The van der Waals surface area contributed by atoms with Gasteiger partial charge in [0.05, 0.1) is 12.1 Å². The summed E-state index contributed by atoms with van der Waals surface area (Å²) in [6, 6.07) is 12.6. The van der Waals surface area contributed by atoms with E-state index in [1.165, 1.54) is 0 Å². The third-order valence-corrected chi connectivity index (χ3v) is 4.74. The predicted octanol–water partition coefficient (Wildman–Crippen LogP) is 3.38. The van der Waals surface area contributed by atoms with E-state index in [0.717, 1.165) is 24.0 Å². The number of nitrogens with one attached hydrogen (secondary N) is 1. The second-order valence-electron chi connectivity index (χ2n) is 6.89. The van der Waals surface area contributed by atoms with E-state index < -0.39 is 0 Å². The van der Waals surface area contributed by atoms with E-state index in [4.69, 9.17) is 13.9 Å². The summed E-state index contributed by atoms with van der Waals surface area (Å²) in [4.78, 5) is 16.7. The zero-order valence-corrected chi connectivity index (χ0v) is 16.1. The molecule has 4 rings (SSSR count). The minimum absolute atomic E-state index is 0.0932. The number of aromatic nitrogens is 1. The van der Waals surface area contributed by atoms with Crippen molar-refractivity contribution in [3.8, 4) is 28.7 Å². The smallest absolute Gasteiger partial charge is 0.231 e. The van der Waals surface area contributed by atoms with Gasteiger partial charge < -0.3 is 24.3 Å². The standard InChI is InChI=1S/C22H22N2O5/c1-14-18(12-21(26)23-10-2-3-15-4-7-17(25)8-5-15)24-22(29-14)16-6-9-19-20(11-16)28-13-27-19/h4-9,11,25H,2-3,10,12-13H2,1H3,(H,23,26). The van der Waals surface area contributed by atoms with Crippen LogP contribution in [-0.2, 0) is 17.6 Å². The molecule has 7 heteroatoms. The van der Waals surface area contributed by atoms with E-state index in [-0.39, 0.29) is 24.9 Å². The van der Waals surface area contributed by atoms with Crippen LogP contribution in [0.3, 0.4) is 0 Å². The molecule has 1 amide bonds. The van der Waals surface area contributed by atoms with E-state index in [2.05, 4.69) is 10.3 Å². The van der Waals surface area contributed by atoms with Crippen LogP contribution < -0.4 is 14.8 Å². The Hall–Kier alpha value is -3.48. The number of hydrogen-bond donors (Lipinski definition) is 2. The zero-order valence-electron chi connectivity index (χ0n) is 16.1. The van der Waals surface area contributed by atoms with Gasteiger partial charge in [-0.15, -0.1) is 0 Å². The van der Waals surface area contributed by atoms with Crippen molar-refractivity contribution in [2.45, 2.75) is 26.2 Å². The molecule has 1 aliphatic heterocycles. The third-order valence-electron chi connectivity index (χ3n) is 4.74. The van der Waals surface area contributed by atoms with Crippen molar-refractivity contribution in [3.05, 3.63) is 59.5 Å². The molecule has 3 aromatic rings. The van der Waals surface area contributed by atoms with Crippen molar-refractivity contribution in [1.29, 1.82) is 0 Å². The summed E-state index contributed by atoms with van der Waals surface area (Å²) in [5, 5.41) is 12.2. The second-order valence-corrected chi connectivity index (χ2v) is 6.89. The molecule has 2 aromatic carbocycles. The van der Waals surface area contributed by atoms with Gasteiger partial charge in [-0.25, -0.2) is 4.98 Å². The molecule has 1 aliphatic rings. The molecular weight excluding hydrogens is 372 g/mol. The number of amides is 1. The van der Waals surface area contributed by atoms with Gasteiger partial charge in [0, 0.05) is 12.1 Å². The molecule has 150 valence electrons. The van der Waals surface area contributed by atoms with Crippen LogP contribution in [0.2, 0.25) is 0 Å². The summed E-state index contributed by atoms with van der Waals surface area (Å²) in [5.41, 5.74) is 2.52. The Balaban J connectivity index is 1.30.